The molecule has 0 aliphatic rings. The molecule has 6 nitrogen and oxygen atoms in total. The van der Waals surface area contributed by atoms with Crippen molar-refractivity contribution >= 4 is 28.1 Å². The molecule has 1 N–H and O–H groups in total. The van der Waals surface area contributed by atoms with E-state index in [2.05, 4.69) is 5.32 Å². The molecule has 0 radical (unpaired) electrons. The molecule has 4 rings (SSSR count). The Morgan fingerprint density at radius 2 is 1.78 bits per heavy atom. The zero-order valence-electron chi connectivity index (χ0n) is 21.5. The van der Waals surface area contributed by atoms with Crippen LogP contribution in [-0.2, 0) is 4.79 Å². The van der Waals surface area contributed by atoms with Crippen LogP contribution in [0.25, 0.3) is 27.7 Å². The van der Waals surface area contributed by atoms with Gasteiger partial charge in [0.1, 0.15) is 11.3 Å². The van der Waals surface area contributed by atoms with Gasteiger partial charge in [-0.3, -0.25) is 4.79 Å². The number of carbonyl (C=O) groups is 1. The van der Waals surface area contributed by atoms with Crippen LogP contribution < -0.4 is 19.5 Å². The van der Waals surface area contributed by atoms with Gasteiger partial charge in [0.05, 0.1) is 27.1 Å². The van der Waals surface area contributed by atoms with E-state index in [0.717, 1.165) is 50.0 Å². The van der Waals surface area contributed by atoms with Gasteiger partial charge in [-0.15, -0.1) is 0 Å². The number of furan rings is 1. The van der Waals surface area contributed by atoms with Crippen molar-refractivity contribution in [2.75, 3.05) is 26.1 Å². The topological polar surface area (TPSA) is 69.9 Å². The van der Waals surface area contributed by atoms with Gasteiger partial charge in [0.15, 0.2) is 11.5 Å². The third-order valence-electron chi connectivity index (χ3n) is 6.20. The molecule has 6 heteroatoms. The maximum atomic E-state index is 12.9. The van der Waals surface area contributed by atoms with Crippen LogP contribution in [0, 0.1) is 13.8 Å². The molecule has 1 heterocycles. The van der Waals surface area contributed by atoms with Crippen LogP contribution in [0.4, 0.5) is 5.69 Å². The van der Waals surface area contributed by atoms with Crippen LogP contribution in [0.1, 0.15) is 30.5 Å². The first-order chi connectivity index (χ1) is 17.4. The minimum atomic E-state index is -0.200. The summed E-state index contributed by atoms with van der Waals surface area (Å²) < 4.78 is 22.9. The molecule has 0 unspecified atom stereocenters. The number of hydrogen-bond donors (Lipinski definition) is 1. The van der Waals surface area contributed by atoms with Crippen LogP contribution in [0.3, 0.4) is 0 Å². The highest BCUT2D eigenvalue weighted by Gasteiger charge is 2.20. The quantitative estimate of drug-likeness (QED) is 0.268. The summed E-state index contributed by atoms with van der Waals surface area (Å²) in [5, 5.41) is 3.89. The summed E-state index contributed by atoms with van der Waals surface area (Å²) in [6.07, 6.45) is 3.34. The highest BCUT2D eigenvalue weighted by Crippen LogP contribution is 2.42. The molecule has 0 aliphatic carbocycles. The Kier molecular flexibility index (Phi) is 7.34. The van der Waals surface area contributed by atoms with Gasteiger partial charge in [-0.2, -0.15) is 0 Å². The fourth-order valence-corrected chi connectivity index (χ4v) is 4.32. The van der Waals surface area contributed by atoms with E-state index in [1.165, 1.54) is 0 Å². The number of rotatable bonds is 8. The Labute approximate surface area is 211 Å². The summed E-state index contributed by atoms with van der Waals surface area (Å²) in [7, 11) is 3.22. The van der Waals surface area contributed by atoms with Crippen molar-refractivity contribution in [1.82, 2.24) is 0 Å². The highest BCUT2D eigenvalue weighted by molar-refractivity contribution is 6.06. The fourth-order valence-electron chi connectivity index (χ4n) is 4.32. The van der Waals surface area contributed by atoms with Crippen molar-refractivity contribution in [2.24, 2.45) is 0 Å². The average molecular weight is 486 g/mol. The maximum absolute atomic E-state index is 12.9. The van der Waals surface area contributed by atoms with E-state index < -0.39 is 0 Å². The Balaban J connectivity index is 1.80. The van der Waals surface area contributed by atoms with E-state index >= 15 is 0 Å². The molecular weight excluding hydrogens is 454 g/mol. The number of benzene rings is 3. The monoisotopic (exact) mass is 485 g/mol. The van der Waals surface area contributed by atoms with Crippen LogP contribution in [-0.4, -0.2) is 26.7 Å². The summed E-state index contributed by atoms with van der Waals surface area (Å²) in [5.41, 5.74) is 6.87. The standard InChI is InChI=1S/C30H31NO5/c1-7-35-29-20(4)30-23(24(17-36-30)21-12-13-26(33-5)27(15-21)34-6)16-22(29)19(3)14-28(32)31-25-11-9-8-10-18(25)2/h8-17H,7H2,1-6H3,(H,31,32)/b19-14+. The number of nitrogens with one attached hydrogen (secondary N) is 1. The minimum absolute atomic E-state index is 0.200. The number of anilines is 1. The molecule has 0 atom stereocenters. The molecule has 0 saturated heterocycles. The van der Waals surface area contributed by atoms with Gasteiger partial charge >= 0.3 is 0 Å². The van der Waals surface area contributed by atoms with Crippen LogP contribution in [0.15, 0.2) is 65.3 Å². The predicted molar refractivity (Wildman–Crippen MR) is 144 cm³/mol. The van der Waals surface area contributed by atoms with Crippen molar-refractivity contribution in [1.29, 1.82) is 0 Å². The van der Waals surface area contributed by atoms with E-state index in [1.807, 2.05) is 76.2 Å². The Hall–Kier alpha value is -4.19. The number of amides is 1. The first kappa shape index (κ1) is 24.9. The van der Waals surface area contributed by atoms with Crippen molar-refractivity contribution < 1.29 is 23.4 Å². The summed E-state index contributed by atoms with van der Waals surface area (Å²) >= 11 is 0. The molecule has 0 bridgehead atoms. The van der Waals surface area contributed by atoms with Crippen molar-refractivity contribution in [2.45, 2.75) is 27.7 Å². The lowest BCUT2D eigenvalue weighted by Crippen LogP contribution is -2.10. The number of para-hydroxylation sites is 1. The lowest BCUT2D eigenvalue weighted by atomic mass is 9.96. The second kappa shape index (κ2) is 10.6. The van der Waals surface area contributed by atoms with Gasteiger partial charge in [0, 0.05) is 33.8 Å². The van der Waals surface area contributed by atoms with E-state index in [9.17, 15) is 4.79 Å². The minimum Gasteiger partial charge on any atom is -0.493 e. The normalized spacial score (nSPS) is 11.4. The third kappa shape index (κ3) is 4.80. The van der Waals surface area contributed by atoms with Gasteiger partial charge < -0.3 is 23.9 Å². The zero-order valence-corrected chi connectivity index (χ0v) is 21.5. The molecule has 186 valence electrons. The van der Waals surface area contributed by atoms with E-state index in [4.69, 9.17) is 18.6 Å². The molecule has 0 saturated carbocycles. The van der Waals surface area contributed by atoms with Gasteiger partial charge in [-0.25, -0.2) is 0 Å². The molecule has 0 aliphatic heterocycles. The third-order valence-corrected chi connectivity index (χ3v) is 6.20. The summed E-state index contributed by atoms with van der Waals surface area (Å²) in [4.78, 5) is 12.9. The fraction of sp³-hybridized carbons (Fsp3) is 0.233. The van der Waals surface area contributed by atoms with Crippen molar-refractivity contribution in [3.8, 4) is 28.4 Å². The SMILES string of the molecule is CCOc1c(/C(C)=C/C(=O)Nc2ccccc2C)cc2c(-c3ccc(OC)c(OC)c3)coc2c1C. The second-order valence-corrected chi connectivity index (χ2v) is 8.54. The number of allylic oxidation sites excluding steroid dienone is 1. The summed E-state index contributed by atoms with van der Waals surface area (Å²) in [5.74, 6) is 1.80. The first-order valence-electron chi connectivity index (χ1n) is 11.8. The summed E-state index contributed by atoms with van der Waals surface area (Å²) in [6.45, 7) is 8.28. The van der Waals surface area contributed by atoms with Gasteiger partial charge in [0.25, 0.3) is 0 Å². The highest BCUT2D eigenvalue weighted by atomic mass is 16.5. The van der Waals surface area contributed by atoms with E-state index in [0.29, 0.717) is 23.9 Å². The van der Waals surface area contributed by atoms with Gasteiger partial charge in [-0.1, -0.05) is 24.3 Å². The maximum Gasteiger partial charge on any atom is 0.248 e. The Morgan fingerprint density at radius 1 is 1.03 bits per heavy atom. The molecule has 1 aromatic heterocycles. The van der Waals surface area contributed by atoms with Gasteiger partial charge in [0.2, 0.25) is 5.91 Å². The van der Waals surface area contributed by atoms with Crippen LogP contribution >= 0.6 is 0 Å². The predicted octanol–water partition coefficient (Wildman–Crippen LogP) is 7.17. The Morgan fingerprint density at radius 3 is 2.47 bits per heavy atom. The number of carbonyl (C=O) groups excluding carboxylic acids is 1. The summed E-state index contributed by atoms with van der Waals surface area (Å²) in [6, 6.07) is 15.5. The van der Waals surface area contributed by atoms with Crippen molar-refractivity contribution in [3.63, 3.8) is 0 Å². The molecule has 3 aromatic carbocycles. The van der Waals surface area contributed by atoms with Crippen LogP contribution in [0.2, 0.25) is 0 Å². The number of aryl methyl sites for hydroxylation is 2. The molecule has 36 heavy (non-hydrogen) atoms. The molecule has 4 aromatic rings. The smallest absolute Gasteiger partial charge is 0.248 e. The first-order valence-corrected chi connectivity index (χ1v) is 11.8. The largest absolute Gasteiger partial charge is 0.493 e. The van der Waals surface area contributed by atoms with Gasteiger partial charge in [-0.05, 0) is 68.7 Å². The van der Waals surface area contributed by atoms with Crippen LogP contribution in [0.5, 0.6) is 17.2 Å². The number of fused-ring (bicyclic) bond motifs is 1. The lowest BCUT2D eigenvalue weighted by molar-refractivity contribution is -0.111. The molecule has 0 spiro atoms. The molecule has 1 amide bonds. The average Bonchev–Trinajstić information content (AvgIpc) is 3.30. The zero-order chi connectivity index (χ0) is 25.8. The molecular formula is C30H31NO5. The second-order valence-electron chi connectivity index (χ2n) is 8.54. The Bertz CT molecular complexity index is 1450. The van der Waals surface area contributed by atoms with E-state index in [1.54, 1.807) is 26.6 Å². The lowest BCUT2D eigenvalue weighted by Gasteiger charge is -2.15. The van der Waals surface area contributed by atoms with E-state index in [-0.39, 0.29) is 5.91 Å². The number of ether oxygens (including phenoxy) is 3. The van der Waals surface area contributed by atoms with Crippen molar-refractivity contribution in [3.05, 3.63) is 77.6 Å². The number of methoxy groups -OCH3 is 2. The molecule has 0 fully saturated rings. The number of hydrogen-bond acceptors (Lipinski definition) is 5.